The van der Waals surface area contributed by atoms with Crippen molar-refractivity contribution >= 4 is 29.5 Å². The topological polar surface area (TPSA) is 110 Å². The van der Waals surface area contributed by atoms with E-state index in [1.807, 2.05) is 0 Å². The lowest BCUT2D eigenvalue weighted by molar-refractivity contribution is -0.138. The number of likely N-dealkylation sites (N-methyl/N-ethyl adjacent to an activating group) is 1. The first kappa shape index (κ1) is 14.2. The molecule has 2 N–H and O–H groups in total. The van der Waals surface area contributed by atoms with E-state index < -0.39 is 18.4 Å². The van der Waals surface area contributed by atoms with Crippen LogP contribution in [0.25, 0.3) is 0 Å². The fourth-order valence-electron chi connectivity index (χ4n) is 0.738. The van der Waals surface area contributed by atoms with E-state index in [2.05, 4.69) is 5.32 Å². The van der Waals surface area contributed by atoms with Crippen LogP contribution in [0, 0.1) is 10.7 Å². The van der Waals surface area contributed by atoms with Gasteiger partial charge in [0.25, 0.3) is 0 Å². The van der Waals surface area contributed by atoms with E-state index in [1.165, 1.54) is 7.05 Å². The van der Waals surface area contributed by atoms with Crippen molar-refractivity contribution in [2.24, 2.45) is 0 Å². The van der Waals surface area contributed by atoms with Crippen LogP contribution in [0.5, 0.6) is 0 Å². The van der Waals surface area contributed by atoms with Crippen molar-refractivity contribution in [2.45, 2.75) is 0 Å². The monoisotopic (exact) mass is 245 g/mol. The average molecular weight is 245 g/mol. The molecule has 0 radical (unpaired) electrons. The lowest BCUT2D eigenvalue weighted by Crippen LogP contribution is -2.40. The van der Waals surface area contributed by atoms with Gasteiger partial charge < -0.3 is 15.3 Å². The number of aliphatic carboxylic acids is 1. The quantitative estimate of drug-likeness (QED) is 0.572. The molecule has 0 bridgehead atoms. The summed E-state index contributed by atoms with van der Waals surface area (Å²) in [5, 5.41) is 20.4. The number of hydrogen-bond acceptors (Lipinski definition) is 5. The number of carbonyl (C=O) groups excluding carboxylic acids is 2. The van der Waals surface area contributed by atoms with Gasteiger partial charge in [0.2, 0.25) is 11.8 Å². The van der Waals surface area contributed by atoms with Crippen molar-refractivity contribution in [1.29, 1.82) is 5.26 Å². The minimum absolute atomic E-state index is 0.0286. The molecular weight excluding hydrogens is 234 g/mol. The third-order valence-corrected chi connectivity index (χ3v) is 2.02. The first-order valence-corrected chi connectivity index (χ1v) is 5.19. The Bertz CT molecular complexity index is 326. The van der Waals surface area contributed by atoms with Gasteiger partial charge in [-0.05, 0) is 11.8 Å². The third kappa shape index (κ3) is 6.67. The molecule has 0 rings (SSSR count). The van der Waals surface area contributed by atoms with Gasteiger partial charge >= 0.3 is 5.97 Å². The molecular formula is C8H11N3O4S. The van der Waals surface area contributed by atoms with Gasteiger partial charge in [0, 0.05) is 7.05 Å². The van der Waals surface area contributed by atoms with Gasteiger partial charge in [0.05, 0.1) is 12.3 Å². The van der Waals surface area contributed by atoms with Crippen molar-refractivity contribution in [3.63, 3.8) is 0 Å². The Balaban J connectivity index is 3.90. The SMILES string of the molecule is CN(CC(=O)NCC(=O)O)C(=O)CSC#N. The molecule has 8 heteroatoms. The second kappa shape index (κ2) is 7.53. The van der Waals surface area contributed by atoms with Crippen LogP contribution >= 0.6 is 11.8 Å². The molecule has 0 aliphatic rings. The van der Waals surface area contributed by atoms with Crippen LogP contribution in [0.1, 0.15) is 0 Å². The molecule has 16 heavy (non-hydrogen) atoms. The van der Waals surface area contributed by atoms with Crippen LogP contribution in [-0.2, 0) is 14.4 Å². The number of nitriles is 1. The molecule has 0 aliphatic heterocycles. The highest BCUT2D eigenvalue weighted by Crippen LogP contribution is 1.98. The summed E-state index contributed by atoms with van der Waals surface area (Å²) >= 11 is 0.778. The van der Waals surface area contributed by atoms with Gasteiger partial charge in [-0.3, -0.25) is 14.4 Å². The Hall–Kier alpha value is -1.75. The number of carbonyl (C=O) groups is 3. The molecule has 0 saturated carbocycles. The van der Waals surface area contributed by atoms with Crippen LogP contribution in [0.3, 0.4) is 0 Å². The summed E-state index contributed by atoms with van der Waals surface area (Å²) in [7, 11) is 1.40. The van der Waals surface area contributed by atoms with Crippen LogP contribution in [-0.4, -0.2) is 53.7 Å². The standard InChI is InChI=1S/C8H11N3O4S/c1-11(7(13)4-16-5-9)3-6(12)10-2-8(14)15/h2-4H2,1H3,(H,10,12)(H,14,15). The summed E-state index contributed by atoms with van der Waals surface area (Å²) in [5.41, 5.74) is 0. The van der Waals surface area contributed by atoms with Gasteiger partial charge in [-0.15, -0.1) is 0 Å². The number of carboxylic acids is 1. The normalized spacial score (nSPS) is 9.00. The van der Waals surface area contributed by atoms with Crippen molar-refractivity contribution < 1.29 is 19.5 Å². The predicted molar refractivity (Wildman–Crippen MR) is 56.4 cm³/mol. The second-order valence-electron chi connectivity index (χ2n) is 2.80. The fraction of sp³-hybridized carbons (Fsp3) is 0.500. The Morgan fingerprint density at radius 2 is 2.12 bits per heavy atom. The Kier molecular flexibility index (Phi) is 6.71. The first-order chi connectivity index (χ1) is 7.47. The molecule has 0 atom stereocenters. The van der Waals surface area contributed by atoms with E-state index in [-0.39, 0.29) is 18.2 Å². The van der Waals surface area contributed by atoms with Crippen LogP contribution in [0.4, 0.5) is 0 Å². The van der Waals surface area contributed by atoms with E-state index in [9.17, 15) is 14.4 Å². The number of amides is 2. The Labute approximate surface area is 96.4 Å². The lowest BCUT2D eigenvalue weighted by Gasteiger charge is -2.15. The predicted octanol–water partition coefficient (Wildman–Crippen LogP) is -1.14. The van der Waals surface area contributed by atoms with E-state index >= 15 is 0 Å². The number of thioether (sulfide) groups is 1. The number of nitrogens with zero attached hydrogens (tertiary/aromatic N) is 2. The fourth-order valence-corrected chi connectivity index (χ4v) is 1.15. The van der Waals surface area contributed by atoms with Gasteiger partial charge in [-0.1, -0.05) is 0 Å². The molecule has 0 aliphatic carbocycles. The molecule has 0 saturated heterocycles. The number of rotatable bonds is 6. The second-order valence-corrected chi connectivity index (χ2v) is 3.56. The average Bonchev–Trinajstić information content (AvgIpc) is 2.22. The molecule has 0 fully saturated rings. The molecule has 2 amide bonds. The number of hydrogen-bond donors (Lipinski definition) is 2. The Morgan fingerprint density at radius 3 is 2.62 bits per heavy atom. The van der Waals surface area contributed by atoms with Crippen LogP contribution < -0.4 is 5.32 Å². The molecule has 7 nitrogen and oxygen atoms in total. The van der Waals surface area contributed by atoms with Gasteiger partial charge in [-0.25, -0.2) is 0 Å². The molecule has 0 heterocycles. The van der Waals surface area contributed by atoms with E-state index in [0.717, 1.165) is 16.7 Å². The highest BCUT2D eigenvalue weighted by atomic mass is 32.2. The van der Waals surface area contributed by atoms with Gasteiger partial charge in [-0.2, -0.15) is 5.26 Å². The lowest BCUT2D eigenvalue weighted by atomic mass is 10.5. The highest BCUT2D eigenvalue weighted by molar-refractivity contribution is 8.04. The maximum absolute atomic E-state index is 11.2. The first-order valence-electron chi connectivity index (χ1n) is 4.20. The van der Waals surface area contributed by atoms with E-state index in [1.54, 1.807) is 5.40 Å². The van der Waals surface area contributed by atoms with Crippen molar-refractivity contribution in [2.75, 3.05) is 25.9 Å². The molecule has 0 unspecified atom stereocenters. The van der Waals surface area contributed by atoms with Crippen molar-refractivity contribution in [1.82, 2.24) is 10.2 Å². The number of nitrogens with one attached hydrogen (secondary N) is 1. The molecule has 0 aromatic heterocycles. The number of carboxylic acid groups (broad SMARTS) is 1. The van der Waals surface area contributed by atoms with E-state index in [4.69, 9.17) is 10.4 Å². The molecule has 88 valence electrons. The minimum atomic E-state index is -1.15. The third-order valence-electron chi connectivity index (χ3n) is 1.50. The smallest absolute Gasteiger partial charge is 0.322 e. The maximum Gasteiger partial charge on any atom is 0.322 e. The minimum Gasteiger partial charge on any atom is -0.480 e. The van der Waals surface area contributed by atoms with Crippen molar-refractivity contribution in [3.05, 3.63) is 0 Å². The summed E-state index contributed by atoms with van der Waals surface area (Å²) in [6.45, 7) is -0.702. The summed E-state index contributed by atoms with van der Waals surface area (Å²) in [5.74, 6) is -2.10. The molecule has 0 spiro atoms. The zero-order valence-electron chi connectivity index (χ0n) is 8.60. The van der Waals surface area contributed by atoms with E-state index in [0.29, 0.717) is 0 Å². The van der Waals surface area contributed by atoms with Gasteiger partial charge in [0.1, 0.15) is 11.9 Å². The summed E-state index contributed by atoms with van der Waals surface area (Å²) < 4.78 is 0. The summed E-state index contributed by atoms with van der Waals surface area (Å²) in [6.07, 6.45) is 0. The van der Waals surface area contributed by atoms with Crippen molar-refractivity contribution in [3.8, 4) is 5.40 Å². The molecule has 0 aromatic carbocycles. The van der Waals surface area contributed by atoms with Crippen LogP contribution in [0.2, 0.25) is 0 Å². The summed E-state index contributed by atoms with van der Waals surface area (Å²) in [6, 6.07) is 0. The number of thiocyanates is 1. The Morgan fingerprint density at radius 1 is 1.50 bits per heavy atom. The highest BCUT2D eigenvalue weighted by Gasteiger charge is 2.13. The maximum atomic E-state index is 11.2. The van der Waals surface area contributed by atoms with Gasteiger partial charge in [0.15, 0.2) is 0 Å². The largest absolute Gasteiger partial charge is 0.480 e. The zero-order chi connectivity index (χ0) is 12.6. The summed E-state index contributed by atoms with van der Waals surface area (Å²) in [4.78, 5) is 33.6. The zero-order valence-corrected chi connectivity index (χ0v) is 9.41. The molecule has 0 aromatic rings. The van der Waals surface area contributed by atoms with Crippen LogP contribution in [0.15, 0.2) is 0 Å².